The number of pyridine rings is 2. The Morgan fingerprint density at radius 2 is 1.91 bits per heavy atom. The second kappa shape index (κ2) is 8.28. The fourth-order valence-electron chi connectivity index (χ4n) is 4.91. The van der Waals surface area contributed by atoms with Gasteiger partial charge in [-0.3, -0.25) is 9.69 Å². The van der Waals surface area contributed by atoms with Gasteiger partial charge in [-0.05, 0) is 48.7 Å². The summed E-state index contributed by atoms with van der Waals surface area (Å²) in [6, 6.07) is 9.88. The van der Waals surface area contributed by atoms with Crippen LogP contribution < -0.4 is 25.2 Å². The van der Waals surface area contributed by atoms with Crippen LogP contribution in [-0.2, 0) is 11.3 Å². The van der Waals surface area contributed by atoms with Crippen molar-refractivity contribution in [2.45, 2.75) is 25.0 Å². The number of amides is 1. The summed E-state index contributed by atoms with van der Waals surface area (Å²) in [7, 11) is 0. The van der Waals surface area contributed by atoms with E-state index in [1.807, 2.05) is 0 Å². The SMILES string of the molecule is O=C1O[C@H](CCNC[C@H]2Cn3c(=O)ccc4ccc(F)c2c43)CN1c1ccc2c(n1)OCCO2. The Kier molecular flexibility index (Phi) is 5.09. The van der Waals surface area contributed by atoms with Gasteiger partial charge < -0.3 is 24.1 Å². The highest BCUT2D eigenvalue weighted by atomic mass is 19.1. The molecule has 3 aromatic rings. The lowest BCUT2D eigenvalue weighted by Crippen LogP contribution is -2.29. The molecule has 0 saturated carbocycles. The Balaban J connectivity index is 1.06. The van der Waals surface area contributed by atoms with E-state index >= 15 is 0 Å². The topological polar surface area (TPSA) is 94.9 Å². The minimum absolute atomic E-state index is 0.118. The number of nitrogens with zero attached hydrogens (tertiary/aromatic N) is 3. The van der Waals surface area contributed by atoms with Gasteiger partial charge in [-0.2, -0.15) is 4.98 Å². The molecule has 0 spiro atoms. The summed E-state index contributed by atoms with van der Waals surface area (Å²) in [5.41, 5.74) is 1.16. The molecule has 1 aromatic carbocycles. The van der Waals surface area contributed by atoms with E-state index in [1.54, 1.807) is 28.8 Å². The van der Waals surface area contributed by atoms with Crippen LogP contribution in [0.3, 0.4) is 0 Å². The van der Waals surface area contributed by atoms with Crippen LogP contribution in [-0.4, -0.2) is 54.6 Å². The van der Waals surface area contributed by atoms with Gasteiger partial charge in [-0.25, -0.2) is 9.18 Å². The average molecular weight is 466 g/mol. The summed E-state index contributed by atoms with van der Waals surface area (Å²) in [6.45, 7) is 2.82. The molecule has 10 heteroatoms. The number of aromatic nitrogens is 2. The second-order valence-corrected chi connectivity index (χ2v) is 8.66. The van der Waals surface area contributed by atoms with Gasteiger partial charge >= 0.3 is 6.09 Å². The second-order valence-electron chi connectivity index (χ2n) is 8.66. The van der Waals surface area contributed by atoms with Gasteiger partial charge in [0.1, 0.15) is 31.0 Å². The Bertz CT molecular complexity index is 1340. The first-order valence-corrected chi connectivity index (χ1v) is 11.4. The van der Waals surface area contributed by atoms with Gasteiger partial charge in [-0.1, -0.05) is 0 Å². The van der Waals surface area contributed by atoms with Crippen molar-refractivity contribution in [2.75, 3.05) is 37.7 Å². The lowest BCUT2D eigenvalue weighted by atomic mass is 9.99. The molecule has 1 N–H and O–H groups in total. The molecule has 3 aliphatic rings. The van der Waals surface area contributed by atoms with E-state index in [-0.39, 0.29) is 23.4 Å². The third-order valence-corrected chi connectivity index (χ3v) is 6.52. The molecule has 6 rings (SSSR count). The van der Waals surface area contributed by atoms with E-state index in [0.29, 0.717) is 74.3 Å². The fraction of sp³-hybridized carbons (Fsp3) is 0.375. The third-order valence-electron chi connectivity index (χ3n) is 6.52. The first-order chi connectivity index (χ1) is 16.6. The molecule has 1 saturated heterocycles. The van der Waals surface area contributed by atoms with Crippen molar-refractivity contribution in [3.63, 3.8) is 0 Å². The summed E-state index contributed by atoms with van der Waals surface area (Å²) in [4.78, 5) is 30.5. The van der Waals surface area contributed by atoms with Crippen LogP contribution in [0.5, 0.6) is 11.6 Å². The molecule has 0 aliphatic carbocycles. The predicted octanol–water partition coefficient (Wildman–Crippen LogP) is 2.41. The zero-order valence-corrected chi connectivity index (χ0v) is 18.3. The molecule has 5 heterocycles. The highest BCUT2D eigenvalue weighted by Crippen LogP contribution is 2.34. The monoisotopic (exact) mass is 466 g/mol. The number of halogens is 1. The average Bonchev–Trinajstić information content (AvgIpc) is 3.42. The number of carbonyl (C=O) groups excluding carboxylic acids is 1. The maximum atomic E-state index is 14.6. The molecule has 176 valence electrons. The third kappa shape index (κ3) is 3.54. The fourth-order valence-corrected chi connectivity index (χ4v) is 4.91. The first kappa shape index (κ1) is 20.9. The van der Waals surface area contributed by atoms with E-state index in [0.717, 1.165) is 5.39 Å². The zero-order valence-electron chi connectivity index (χ0n) is 18.3. The lowest BCUT2D eigenvalue weighted by molar-refractivity contribution is 0.136. The Morgan fingerprint density at radius 1 is 1.06 bits per heavy atom. The molecule has 0 bridgehead atoms. The van der Waals surface area contributed by atoms with Gasteiger partial charge in [0.05, 0.1) is 12.1 Å². The molecule has 1 amide bonds. The highest BCUT2D eigenvalue weighted by Gasteiger charge is 2.34. The number of rotatable bonds is 6. The molecule has 2 aromatic heterocycles. The van der Waals surface area contributed by atoms with Crippen molar-refractivity contribution in [1.29, 1.82) is 0 Å². The van der Waals surface area contributed by atoms with Crippen LogP contribution in [0.2, 0.25) is 0 Å². The number of hydrogen-bond donors (Lipinski definition) is 1. The van der Waals surface area contributed by atoms with E-state index in [2.05, 4.69) is 10.3 Å². The Morgan fingerprint density at radius 3 is 2.82 bits per heavy atom. The number of nitrogens with one attached hydrogen (secondary N) is 1. The molecular weight excluding hydrogens is 443 g/mol. The summed E-state index contributed by atoms with van der Waals surface area (Å²) < 4.78 is 32.7. The van der Waals surface area contributed by atoms with Crippen LogP contribution in [0.1, 0.15) is 17.9 Å². The van der Waals surface area contributed by atoms with E-state index in [1.165, 1.54) is 17.0 Å². The summed E-state index contributed by atoms with van der Waals surface area (Å²) >= 11 is 0. The van der Waals surface area contributed by atoms with E-state index in [4.69, 9.17) is 14.2 Å². The molecule has 3 aliphatic heterocycles. The van der Waals surface area contributed by atoms with Crippen molar-refractivity contribution < 1.29 is 23.4 Å². The smallest absolute Gasteiger partial charge is 0.415 e. The summed E-state index contributed by atoms with van der Waals surface area (Å²) in [5.74, 6) is 0.974. The predicted molar refractivity (Wildman–Crippen MR) is 121 cm³/mol. The van der Waals surface area contributed by atoms with E-state index < -0.39 is 6.09 Å². The van der Waals surface area contributed by atoms with Crippen molar-refractivity contribution in [3.8, 4) is 11.6 Å². The largest absolute Gasteiger partial charge is 0.484 e. The molecule has 2 atom stereocenters. The number of hydrogen-bond acceptors (Lipinski definition) is 7. The standard InChI is InChI=1S/C24H23FN4O5/c25-17-3-1-14-2-6-20(30)29-12-15(21(17)22(14)29)11-26-8-7-16-13-28(24(31)34-16)19-5-4-18-23(27-19)33-10-9-32-18/h1-6,15-16,26H,7-13H2/t15-,16+/m0/s1. The molecule has 1 fully saturated rings. The summed E-state index contributed by atoms with van der Waals surface area (Å²) in [6.07, 6.45) is -0.147. The minimum Gasteiger partial charge on any atom is -0.484 e. The molecule has 34 heavy (non-hydrogen) atoms. The highest BCUT2D eigenvalue weighted by molar-refractivity contribution is 5.88. The van der Waals surface area contributed by atoms with E-state index in [9.17, 15) is 14.0 Å². The molecule has 9 nitrogen and oxygen atoms in total. The normalized spacial score (nSPS) is 20.7. The van der Waals surface area contributed by atoms with Gasteiger partial charge in [-0.15, -0.1) is 0 Å². The van der Waals surface area contributed by atoms with Crippen LogP contribution in [0, 0.1) is 5.82 Å². The Hall–Kier alpha value is -3.66. The van der Waals surface area contributed by atoms with Crippen LogP contribution in [0.4, 0.5) is 15.0 Å². The minimum atomic E-state index is -0.450. The first-order valence-electron chi connectivity index (χ1n) is 11.4. The summed E-state index contributed by atoms with van der Waals surface area (Å²) in [5, 5.41) is 4.21. The number of benzene rings is 1. The van der Waals surface area contributed by atoms with Crippen molar-refractivity contribution >= 4 is 22.8 Å². The maximum absolute atomic E-state index is 14.6. The van der Waals surface area contributed by atoms with Crippen LogP contribution in [0.15, 0.2) is 41.2 Å². The quantitative estimate of drug-likeness (QED) is 0.558. The van der Waals surface area contributed by atoms with Crippen LogP contribution in [0.25, 0.3) is 10.9 Å². The molecule has 0 unspecified atom stereocenters. The number of anilines is 1. The number of fused-ring (bicyclic) bond motifs is 1. The molecular formula is C24H23FN4O5. The maximum Gasteiger partial charge on any atom is 0.415 e. The van der Waals surface area contributed by atoms with Crippen molar-refractivity contribution in [3.05, 3.63) is 58.1 Å². The van der Waals surface area contributed by atoms with Crippen molar-refractivity contribution in [2.24, 2.45) is 0 Å². The number of carbonyl (C=O) groups is 1. The van der Waals surface area contributed by atoms with Crippen LogP contribution >= 0.6 is 0 Å². The lowest BCUT2D eigenvalue weighted by Gasteiger charge is -2.19. The van der Waals surface area contributed by atoms with Gasteiger partial charge in [0.25, 0.3) is 11.4 Å². The van der Waals surface area contributed by atoms with Gasteiger partial charge in [0, 0.05) is 30.6 Å². The number of cyclic esters (lactones) is 1. The number of ether oxygens (including phenoxy) is 3. The molecule has 0 radical (unpaired) electrons. The van der Waals surface area contributed by atoms with Crippen molar-refractivity contribution in [1.82, 2.24) is 14.9 Å². The Labute approximate surface area is 194 Å². The van der Waals surface area contributed by atoms with Gasteiger partial charge in [0.2, 0.25) is 0 Å². The zero-order chi connectivity index (χ0) is 23.2. The van der Waals surface area contributed by atoms with Gasteiger partial charge in [0.15, 0.2) is 5.75 Å².